The molecule has 0 aliphatic rings. The zero-order chi connectivity index (χ0) is 20.1. The van der Waals surface area contributed by atoms with Crippen LogP contribution in [0.2, 0.25) is 0 Å². The Bertz CT molecular complexity index is 952. The zero-order valence-corrected chi connectivity index (χ0v) is 16.9. The van der Waals surface area contributed by atoms with E-state index in [2.05, 4.69) is 17.6 Å². The van der Waals surface area contributed by atoms with Crippen molar-refractivity contribution in [2.45, 2.75) is 32.0 Å². The Kier molecular flexibility index (Phi) is 6.69. The minimum Gasteiger partial charge on any atom is -0.454 e. The number of alkyl halides is 3. The summed E-state index contributed by atoms with van der Waals surface area (Å²) in [6, 6.07) is 11.5. The number of thiophene rings is 1. The molecule has 0 saturated heterocycles. The molecule has 0 fully saturated rings. The quantitative estimate of drug-likeness (QED) is 0.328. The maximum absolute atomic E-state index is 12.8. The highest BCUT2D eigenvalue weighted by atomic mass is 32.1. The molecule has 0 saturated carbocycles. The Balaban J connectivity index is 1.58. The second kappa shape index (κ2) is 9.03. The van der Waals surface area contributed by atoms with Gasteiger partial charge in [-0.3, -0.25) is 0 Å². The summed E-state index contributed by atoms with van der Waals surface area (Å²) in [5, 5.41) is 6.70. The van der Waals surface area contributed by atoms with Gasteiger partial charge in [0.15, 0.2) is 5.55 Å². The molecule has 0 bridgehead atoms. The molecule has 1 N–H and O–H groups in total. The van der Waals surface area contributed by atoms with E-state index < -0.39 is 11.7 Å². The number of hydrogen-bond acceptors (Lipinski definition) is 4. The lowest BCUT2D eigenvalue weighted by Gasteiger charge is -2.14. The first-order valence-electron chi connectivity index (χ1n) is 8.89. The largest absolute Gasteiger partial charge is 0.454 e. The summed E-state index contributed by atoms with van der Waals surface area (Å²) in [4.78, 5) is 0. The van der Waals surface area contributed by atoms with Crippen molar-refractivity contribution >= 4 is 39.2 Å². The smallest absolute Gasteiger partial charge is 0.416 e. The number of ether oxygens (including phenoxy) is 1. The standard InChI is InChI=1S/C21H20F3NOS2/c1-14(19-12-28-20-8-7-17(26-13-27)11-18(19)20)25-9-3-5-15-4-2-6-16(10-15)21(22,23)24/h2,4,6-8,10-14,25H,3,5,9H2,1H3. The highest BCUT2D eigenvalue weighted by Gasteiger charge is 2.30. The third-order valence-corrected chi connectivity index (χ3v) is 5.65. The highest BCUT2D eigenvalue weighted by molar-refractivity contribution is 7.78. The first-order chi connectivity index (χ1) is 13.4. The van der Waals surface area contributed by atoms with Crippen LogP contribution in [0.3, 0.4) is 0 Å². The summed E-state index contributed by atoms with van der Waals surface area (Å²) in [6.45, 7) is 2.80. The van der Waals surface area contributed by atoms with E-state index in [-0.39, 0.29) is 6.04 Å². The summed E-state index contributed by atoms with van der Waals surface area (Å²) >= 11 is 6.41. The van der Waals surface area contributed by atoms with Gasteiger partial charge >= 0.3 is 6.18 Å². The lowest BCUT2D eigenvalue weighted by Crippen LogP contribution is -2.20. The first-order valence-corrected chi connectivity index (χ1v) is 10.2. The van der Waals surface area contributed by atoms with Crippen molar-refractivity contribution in [3.63, 3.8) is 0 Å². The molecule has 2 nitrogen and oxygen atoms in total. The third kappa shape index (κ3) is 5.10. The molecule has 1 heterocycles. The maximum Gasteiger partial charge on any atom is 0.416 e. The van der Waals surface area contributed by atoms with Crippen LogP contribution in [0.1, 0.15) is 36.1 Å². The number of benzene rings is 2. The van der Waals surface area contributed by atoms with E-state index in [9.17, 15) is 13.2 Å². The molecular formula is C21H20F3NOS2. The molecule has 0 radical (unpaired) electrons. The average molecular weight is 424 g/mol. The predicted molar refractivity (Wildman–Crippen MR) is 112 cm³/mol. The molecule has 7 heteroatoms. The second-order valence-electron chi connectivity index (χ2n) is 6.54. The van der Waals surface area contributed by atoms with Crippen LogP contribution in [-0.2, 0) is 12.6 Å². The molecule has 0 aliphatic heterocycles. The number of hydrogen-bond donors (Lipinski definition) is 1. The molecular weight excluding hydrogens is 403 g/mol. The van der Waals surface area contributed by atoms with E-state index in [1.807, 2.05) is 18.2 Å². The number of rotatable bonds is 8. The van der Waals surface area contributed by atoms with Gasteiger partial charge in [-0.15, -0.1) is 11.3 Å². The monoisotopic (exact) mass is 423 g/mol. The summed E-state index contributed by atoms with van der Waals surface area (Å²) in [6.07, 6.45) is -2.94. The number of fused-ring (bicyclic) bond motifs is 1. The molecule has 0 amide bonds. The minimum absolute atomic E-state index is 0.123. The topological polar surface area (TPSA) is 21.3 Å². The van der Waals surface area contributed by atoms with Crippen LogP contribution in [0.5, 0.6) is 5.75 Å². The SMILES string of the molecule is CC(NCCCc1cccc(C(F)(F)F)c1)c1csc2ccc(OC=S)cc12. The second-order valence-corrected chi connectivity index (χ2v) is 7.64. The Morgan fingerprint density at radius 3 is 2.79 bits per heavy atom. The van der Waals surface area contributed by atoms with Crippen molar-refractivity contribution in [1.29, 1.82) is 0 Å². The molecule has 2 aromatic carbocycles. The fourth-order valence-corrected chi connectivity index (χ4v) is 4.26. The zero-order valence-electron chi connectivity index (χ0n) is 15.3. The minimum atomic E-state index is -4.30. The van der Waals surface area contributed by atoms with Crippen molar-refractivity contribution in [2.75, 3.05) is 6.54 Å². The first kappa shape index (κ1) is 20.8. The molecule has 28 heavy (non-hydrogen) atoms. The van der Waals surface area contributed by atoms with Gasteiger partial charge in [-0.2, -0.15) is 13.2 Å². The van der Waals surface area contributed by atoms with Gasteiger partial charge in [-0.1, -0.05) is 18.2 Å². The van der Waals surface area contributed by atoms with Gasteiger partial charge in [-0.25, -0.2) is 0 Å². The molecule has 148 valence electrons. The van der Waals surface area contributed by atoms with Gasteiger partial charge in [-0.05, 0) is 79.3 Å². The average Bonchev–Trinajstić information content (AvgIpc) is 3.08. The Morgan fingerprint density at radius 1 is 1.21 bits per heavy atom. The normalized spacial score (nSPS) is 12.9. The fourth-order valence-electron chi connectivity index (χ4n) is 3.12. The Labute approximate surface area is 171 Å². The van der Waals surface area contributed by atoms with E-state index in [1.165, 1.54) is 27.9 Å². The van der Waals surface area contributed by atoms with E-state index >= 15 is 0 Å². The summed E-state index contributed by atoms with van der Waals surface area (Å²) in [5.74, 6) is 0.707. The molecule has 3 aromatic rings. The summed E-state index contributed by atoms with van der Waals surface area (Å²) in [7, 11) is 0. The van der Waals surface area contributed by atoms with Crippen molar-refractivity contribution in [3.8, 4) is 5.75 Å². The molecule has 0 aliphatic carbocycles. The lowest BCUT2D eigenvalue weighted by atomic mass is 10.0. The summed E-state index contributed by atoms with van der Waals surface area (Å²) < 4.78 is 44.9. The van der Waals surface area contributed by atoms with Crippen LogP contribution in [0, 0.1) is 0 Å². The van der Waals surface area contributed by atoms with Gasteiger partial charge < -0.3 is 10.1 Å². The van der Waals surface area contributed by atoms with Crippen LogP contribution >= 0.6 is 23.6 Å². The van der Waals surface area contributed by atoms with Crippen molar-refractivity contribution in [3.05, 3.63) is 64.5 Å². The number of halogens is 3. The van der Waals surface area contributed by atoms with Crippen molar-refractivity contribution < 1.29 is 17.9 Å². The van der Waals surface area contributed by atoms with Crippen molar-refractivity contribution in [2.24, 2.45) is 0 Å². The summed E-state index contributed by atoms with van der Waals surface area (Å²) in [5.41, 5.74) is 2.52. The van der Waals surface area contributed by atoms with E-state index in [0.29, 0.717) is 24.3 Å². The van der Waals surface area contributed by atoms with E-state index in [0.717, 1.165) is 17.9 Å². The van der Waals surface area contributed by atoms with Crippen LogP contribution in [0.25, 0.3) is 10.1 Å². The Morgan fingerprint density at radius 2 is 2.04 bits per heavy atom. The van der Waals surface area contributed by atoms with Crippen LogP contribution in [0.4, 0.5) is 13.2 Å². The molecule has 3 rings (SSSR count). The Hall–Kier alpha value is -1.96. The van der Waals surface area contributed by atoms with E-state index in [1.54, 1.807) is 17.4 Å². The number of thiocarbonyl (C=S) groups is 1. The molecule has 0 spiro atoms. The lowest BCUT2D eigenvalue weighted by molar-refractivity contribution is -0.137. The molecule has 1 atom stereocenters. The predicted octanol–water partition coefficient (Wildman–Crippen LogP) is 6.54. The fraction of sp³-hybridized carbons (Fsp3) is 0.286. The number of nitrogens with one attached hydrogen (secondary N) is 1. The maximum atomic E-state index is 12.8. The van der Waals surface area contributed by atoms with Gasteiger partial charge in [0.1, 0.15) is 5.75 Å². The van der Waals surface area contributed by atoms with Gasteiger partial charge in [0.25, 0.3) is 0 Å². The third-order valence-electron chi connectivity index (χ3n) is 4.57. The van der Waals surface area contributed by atoms with Gasteiger partial charge in [0.05, 0.1) is 5.56 Å². The van der Waals surface area contributed by atoms with Gasteiger partial charge in [0.2, 0.25) is 0 Å². The van der Waals surface area contributed by atoms with Crippen LogP contribution < -0.4 is 10.1 Å². The molecule has 1 aromatic heterocycles. The van der Waals surface area contributed by atoms with E-state index in [4.69, 9.17) is 17.0 Å². The number of aryl methyl sites for hydroxylation is 1. The van der Waals surface area contributed by atoms with Gasteiger partial charge in [0, 0.05) is 16.1 Å². The molecule has 1 unspecified atom stereocenters. The van der Waals surface area contributed by atoms with Crippen LogP contribution in [-0.4, -0.2) is 12.1 Å². The highest BCUT2D eigenvalue weighted by Crippen LogP contribution is 2.33. The van der Waals surface area contributed by atoms with Crippen molar-refractivity contribution in [1.82, 2.24) is 5.32 Å². The van der Waals surface area contributed by atoms with Crippen LogP contribution in [0.15, 0.2) is 47.8 Å².